The fraction of sp³-hybridized carbons (Fsp3) is 0.545. The van der Waals surface area contributed by atoms with Gasteiger partial charge in [0, 0.05) is 44.6 Å². The molecular formula is C22H30N4O3S2. The second kappa shape index (κ2) is 9.77. The maximum absolute atomic E-state index is 13.3. The van der Waals surface area contributed by atoms with Gasteiger partial charge >= 0.3 is 0 Å². The smallest absolute Gasteiger partial charge is 0.243 e. The summed E-state index contributed by atoms with van der Waals surface area (Å²) >= 11 is 1.70. The Hall–Kier alpha value is -1.81. The van der Waals surface area contributed by atoms with Gasteiger partial charge in [0.2, 0.25) is 15.9 Å². The van der Waals surface area contributed by atoms with Crippen LogP contribution in [0, 0.1) is 0 Å². The number of amides is 1. The molecule has 0 aliphatic carbocycles. The second-order valence-corrected chi connectivity index (χ2v) is 11.0. The molecule has 0 radical (unpaired) electrons. The van der Waals surface area contributed by atoms with Crippen molar-refractivity contribution in [1.82, 2.24) is 19.1 Å². The third-order valence-electron chi connectivity index (χ3n) is 6.06. The van der Waals surface area contributed by atoms with Gasteiger partial charge in [0.15, 0.2) is 0 Å². The minimum atomic E-state index is -3.68. The minimum Gasteiger partial charge on any atom is -0.339 e. The average Bonchev–Trinajstić information content (AvgIpc) is 3.27. The highest BCUT2D eigenvalue weighted by Gasteiger charge is 2.39. The van der Waals surface area contributed by atoms with Crippen LogP contribution in [0.4, 0.5) is 0 Å². The van der Waals surface area contributed by atoms with Crippen LogP contribution in [0.15, 0.2) is 40.6 Å². The van der Waals surface area contributed by atoms with Crippen LogP contribution in [-0.2, 0) is 27.8 Å². The van der Waals surface area contributed by atoms with Crippen LogP contribution in [-0.4, -0.2) is 72.2 Å². The molecule has 2 aliphatic heterocycles. The number of carbonyl (C=O) groups excluding carboxylic acids is 1. The first-order valence-electron chi connectivity index (χ1n) is 11.0. The number of piperazine rings is 1. The Labute approximate surface area is 188 Å². The van der Waals surface area contributed by atoms with E-state index < -0.39 is 16.1 Å². The topological polar surface area (TPSA) is 73.8 Å². The highest BCUT2D eigenvalue weighted by Crippen LogP contribution is 2.27. The summed E-state index contributed by atoms with van der Waals surface area (Å²) in [5, 5.41) is 3.27. The lowest BCUT2D eigenvalue weighted by Crippen LogP contribution is -2.56. The Morgan fingerprint density at radius 1 is 1.10 bits per heavy atom. The molecule has 1 aromatic heterocycles. The van der Waals surface area contributed by atoms with Crippen LogP contribution in [0.1, 0.15) is 36.9 Å². The van der Waals surface area contributed by atoms with E-state index in [0.717, 1.165) is 49.6 Å². The largest absolute Gasteiger partial charge is 0.339 e. The van der Waals surface area contributed by atoms with Gasteiger partial charge in [0.25, 0.3) is 0 Å². The number of benzene rings is 1. The first-order chi connectivity index (χ1) is 15.0. The molecule has 2 fully saturated rings. The molecule has 0 saturated carbocycles. The van der Waals surface area contributed by atoms with Gasteiger partial charge in [-0.2, -0.15) is 4.31 Å². The van der Waals surface area contributed by atoms with E-state index >= 15 is 0 Å². The predicted molar refractivity (Wildman–Crippen MR) is 121 cm³/mol. The Morgan fingerprint density at radius 2 is 1.84 bits per heavy atom. The molecule has 168 valence electrons. The first-order valence-corrected chi connectivity index (χ1v) is 13.3. The zero-order chi connectivity index (χ0) is 21.8. The minimum absolute atomic E-state index is 0.0548. The summed E-state index contributed by atoms with van der Waals surface area (Å²) in [6.07, 6.45) is 3.21. The molecule has 4 rings (SSSR count). The van der Waals surface area contributed by atoms with Crippen molar-refractivity contribution in [2.45, 2.75) is 50.1 Å². The quantitative estimate of drug-likeness (QED) is 0.660. The number of thiazole rings is 1. The van der Waals surface area contributed by atoms with Crippen molar-refractivity contribution in [2.75, 3.05) is 32.7 Å². The molecule has 1 amide bonds. The lowest BCUT2D eigenvalue weighted by atomic mass is 10.0. The van der Waals surface area contributed by atoms with Crippen molar-refractivity contribution in [3.8, 4) is 0 Å². The molecule has 7 nitrogen and oxygen atoms in total. The molecule has 1 atom stereocenters. The number of aromatic nitrogens is 1. The van der Waals surface area contributed by atoms with E-state index in [0.29, 0.717) is 26.1 Å². The SMILES string of the molecule is CCc1nc(CN2CCN(C(=O)C3CCCCN3S(=O)(=O)c3ccccc3)CC2)cs1. The Balaban J connectivity index is 1.40. The third-order valence-corrected chi connectivity index (χ3v) is 9.02. The number of sulfonamides is 1. The van der Waals surface area contributed by atoms with E-state index in [1.54, 1.807) is 41.7 Å². The van der Waals surface area contributed by atoms with E-state index in [2.05, 4.69) is 22.2 Å². The fourth-order valence-corrected chi connectivity index (χ4v) is 6.73. The molecule has 0 N–H and O–H groups in total. The number of nitrogens with zero attached hydrogens (tertiary/aromatic N) is 4. The summed E-state index contributed by atoms with van der Waals surface area (Å²) in [5.74, 6) is -0.0548. The number of hydrogen-bond acceptors (Lipinski definition) is 6. The molecule has 2 saturated heterocycles. The predicted octanol–water partition coefficient (Wildman–Crippen LogP) is 2.59. The summed E-state index contributed by atoms with van der Waals surface area (Å²) in [6.45, 7) is 6.12. The van der Waals surface area contributed by atoms with E-state index in [1.807, 2.05) is 4.90 Å². The maximum Gasteiger partial charge on any atom is 0.243 e. The average molecular weight is 463 g/mol. The van der Waals surface area contributed by atoms with E-state index in [9.17, 15) is 13.2 Å². The zero-order valence-corrected chi connectivity index (χ0v) is 19.6. The van der Waals surface area contributed by atoms with Crippen LogP contribution >= 0.6 is 11.3 Å². The summed E-state index contributed by atoms with van der Waals surface area (Å²) in [4.78, 5) is 22.4. The lowest BCUT2D eigenvalue weighted by Gasteiger charge is -2.40. The standard InChI is InChI=1S/C22H30N4O3S2/c1-2-21-23-18(17-30-21)16-24-12-14-25(15-13-24)22(27)20-10-6-7-11-26(20)31(28,29)19-8-4-3-5-9-19/h3-5,8-9,17,20H,2,6-7,10-16H2,1H3. The molecule has 3 heterocycles. The molecule has 1 aromatic carbocycles. The van der Waals surface area contributed by atoms with Crippen molar-refractivity contribution in [1.29, 1.82) is 0 Å². The number of hydrogen-bond donors (Lipinski definition) is 0. The maximum atomic E-state index is 13.3. The Kier molecular flexibility index (Phi) is 7.05. The number of rotatable bonds is 6. The summed E-state index contributed by atoms with van der Waals surface area (Å²) < 4.78 is 27.8. The number of carbonyl (C=O) groups is 1. The third kappa shape index (κ3) is 5.00. The molecular weight excluding hydrogens is 432 g/mol. The first kappa shape index (κ1) is 22.4. The monoisotopic (exact) mass is 462 g/mol. The van der Waals surface area contributed by atoms with Crippen LogP contribution < -0.4 is 0 Å². The molecule has 0 spiro atoms. The Morgan fingerprint density at radius 3 is 2.52 bits per heavy atom. The Bertz CT molecular complexity index is 985. The second-order valence-electron chi connectivity index (χ2n) is 8.13. The zero-order valence-electron chi connectivity index (χ0n) is 17.9. The van der Waals surface area contributed by atoms with Gasteiger partial charge < -0.3 is 4.90 Å². The highest BCUT2D eigenvalue weighted by atomic mass is 32.2. The van der Waals surface area contributed by atoms with Crippen LogP contribution in [0.5, 0.6) is 0 Å². The van der Waals surface area contributed by atoms with Crippen LogP contribution in [0.2, 0.25) is 0 Å². The van der Waals surface area contributed by atoms with Gasteiger partial charge in [-0.3, -0.25) is 9.69 Å². The van der Waals surface area contributed by atoms with Crippen LogP contribution in [0.25, 0.3) is 0 Å². The highest BCUT2D eigenvalue weighted by molar-refractivity contribution is 7.89. The number of piperidine rings is 1. The molecule has 2 aromatic rings. The van der Waals surface area contributed by atoms with Crippen molar-refractivity contribution < 1.29 is 13.2 Å². The van der Waals surface area contributed by atoms with Gasteiger partial charge in [-0.15, -0.1) is 11.3 Å². The van der Waals surface area contributed by atoms with Crippen molar-refractivity contribution in [3.05, 3.63) is 46.4 Å². The van der Waals surface area contributed by atoms with Gasteiger partial charge in [-0.25, -0.2) is 13.4 Å². The van der Waals surface area contributed by atoms with Gasteiger partial charge in [0.1, 0.15) is 6.04 Å². The molecule has 0 bridgehead atoms. The lowest BCUT2D eigenvalue weighted by molar-refractivity contribution is -0.138. The van der Waals surface area contributed by atoms with Crippen LogP contribution in [0.3, 0.4) is 0 Å². The summed E-state index contributed by atoms with van der Waals surface area (Å²) in [7, 11) is -3.68. The number of aryl methyl sites for hydroxylation is 1. The summed E-state index contributed by atoms with van der Waals surface area (Å²) in [5.41, 5.74) is 1.09. The molecule has 31 heavy (non-hydrogen) atoms. The van der Waals surface area contributed by atoms with Crippen molar-refractivity contribution >= 4 is 27.3 Å². The molecule has 9 heteroatoms. The van der Waals surface area contributed by atoms with Crippen molar-refractivity contribution in [3.63, 3.8) is 0 Å². The van der Waals surface area contributed by atoms with Crippen molar-refractivity contribution in [2.24, 2.45) is 0 Å². The summed E-state index contributed by atoms with van der Waals surface area (Å²) in [6, 6.07) is 7.85. The van der Waals surface area contributed by atoms with E-state index in [4.69, 9.17) is 0 Å². The van der Waals surface area contributed by atoms with Gasteiger partial charge in [-0.05, 0) is 31.4 Å². The molecule has 2 aliphatic rings. The fourth-order valence-electron chi connectivity index (χ4n) is 4.32. The van der Waals surface area contributed by atoms with E-state index in [1.165, 1.54) is 4.31 Å². The van der Waals surface area contributed by atoms with Gasteiger partial charge in [0.05, 0.1) is 15.6 Å². The van der Waals surface area contributed by atoms with E-state index in [-0.39, 0.29) is 10.8 Å². The van der Waals surface area contributed by atoms with Gasteiger partial charge in [-0.1, -0.05) is 31.5 Å². The molecule has 1 unspecified atom stereocenters. The normalized spacial score (nSPS) is 21.3.